The quantitative estimate of drug-likeness (QED) is 0.791. The van der Waals surface area contributed by atoms with Crippen molar-refractivity contribution in [2.24, 2.45) is 0 Å². The van der Waals surface area contributed by atoms with E-state index in [0.29, 0.717) is 23.7 Å². The summed E-state index contributed by atoms with van der Waals surface area (Å²) in [5.41, 5.74) is -1.47. The highest BCUT2D eigenvalue weighted by Crippen LogP contribution is 2.32. The van der Waals surface area contributed by atoms with Crippen LogP contribution in [-0.2, 0) is 5.60 Å². The zero-order valence-electron chi connectivity index (χ0n) is 11.6. The van der Waals surface area contributed by atoms with Gasteiger partial charge in [0.05, 0.1) is 12.8 Å². The molecule has 1 saturated heterocycles. The fourth-order valence-electron chi connectivity index (χ4n) is 2.29. The molecule has 116 valence electrons. The Kier molecular flexibility index (Phi) is 3.86. The molecule has 4 amide bonds. The van der Waals surface area contributed by atoms with Gasteiger partial charge in [0, 0.05) is 18.0 Å². The van der Waals surface area contributed by atoms with E-state index in [2.05, 4.69) is 10.6 Å². The number of thiophene rings is 1. The van der Waals surface area contributed by atoms with Crippen LogP contribution < -0.4 is 10.6 Å². The second kappa shape index (κ2) is 5.82. The summed E-state index contributed by atoms with van der Waals surface area (Å²) in [6, 6.07) is 5.91. The summed E-state index contributed by atoms with van der Waals surface area (Å²) < 4.78 is 5.31. The van der Waals surface area contributed by atoms with Gasteiger partial charge in [0.15, 0.2) is 5.60 Å². The monoisotopic (exact) mass is 321 g/mol. The minimum Gasteiger partial charge on any atom is -0.466 e. The van der Waals surface area contributed by atoms with Gasteiger partial charge in [0.1, 0.15) is 5.76 Å². The number of hydrogen-bond donors (Lipinski definition) is 3. The van der Waals surface area contributed by atoms with Crippen molar-refractivity contribution in [3.8, 4) is 0 Å². The molecule has 1 atom stereocenters. The molecule has 1 unspecified atom stereocenters. The third-order valence-corrected chi connectivity index (χ3v) is 4.48. The molecule has 2 aromatic heterocycles. The summed E-state index contributed by atoms with van der Waals surface area (Å²) in [5, 5.41) is 17.9. The SMILES string of the molecule is O=C1NCCN1C(=O)NCC(O)(c1ccco1)c1cccs1. The minimum absolute atomic E-state index is 0.0936. The molecule has 2 aromatic rings. The summed E-state index contributed by atoms with van der Waals surface area (Å²) in [4.78, 5) is 25.2. The largest absolute Gasteiger partial charge is 0.466 e. The summed E-state index contributed by atoms with van der Waals surface area (Å²) in [6.45, 7) is 0.645. The maximum atomic E-state index is 12.1. The number of nitrogens with zero attached hydrogens (tertiary/aromatic N) is 1. The molecule has 3 heterocycles. The lowest BCUT2D eigenvalue weighted by Crippen LogP contribution is -2.47. The summed E-state index contributed by atoms with van der Waals surface area (Å²) in [5.74, 6) is 0.334. The van der Waals surface area contributed by atoms with Crippen molar-refractivity contribution in [2.45, 2.75) is 5.60 Å². The van der Waals surface area contributed by atoms with Crippen LogP contribution in [0.5, 0.6) is 0 Å². The maximum Gasteiger partial charge on any atom is 0.325 e. The van der Waals surface area contributed by atoms with Gasteiger partial charge in [-0.25, -0.2) is 14.5 Å². The number of urea groups is 2. The van der Waals surface area contributed by atoms with E-state index in [1.165, 1.54) is 17.6 Å². The molecule has 0 bridgehead atoms. The first-order chi connectivity index (χ1) is 10.6. The standard InChI is InChI=1S/C14H15N3O4S/c18-12-15-5-6-17(12)13(19)16-9-14(20,10-3-1-7-21-10)11-4-2-8-22-11/h1-4,7-8,20H,5-6,9H2,(H,15,18)(H,16,19). The molecule has 0 radical (unpaired) electrons. The van der Waals surface area contributed by atoms with Crippen LogP contribution in [0.2, 0.25) is 0 Å². The number of hydrogen-bond acceptors (Lipinski definition) is 5. The fourth-order valence-corrected chi connectivity index (χ4v) is 3.12. The lowest BCUT2D eigenvalue weighted by atomic mass is 9.98. The lowest BCUT2D eigenvalue weighted by Gasteiger charge is -2.26. The van der Waals surface area contributed by atoms with Crippen molar-refractivity contribution in [3.05, 3.63) is 46.5 Å². The van der Waals surface area contributed by atoms with E-state index in [-0.39, 0.29) is 6.54 Å². The van der Waals surface area contributed by atoms with E-state index in [1.54, 1.807) is 18.2 Å². The van der Waals surface area contributed by atoms with E-state index in [9.17, 15) is 14.7 Å². The number of furan rings is 1. The van der Waals surface area contributed by atoms with Crippen LogP contribution in [0, 0.1) is 0 Å². The molecule has 22 heavy (non-hydrogen) atoms. The second-order valence-corrected chi connectivity index (χ2v) is 5.80. The van der Waals surface area contributed by atoms with Gasteiger partial charge < -0.3 is 20.2 Å². The maximum absolute atomic E-state index is 12.1. The van der Waals surface area contributed by atoms with Crippen molar-refractivity contribution < 1.29 is 19.1 Å². The number of carbonyl (C=O) groups is 2. The summed E-state index contributed by atoms with van der Waals surface area (Å²) in [7, 11) is 0. The van der Waals surface area contributed by atoms with Crippen LogP contribution in [0.1, 0.15) is 10.6 Å². The average Bonchev–Trinajstić information content (AvgIpc) is 3.24. The molecule has 0 saturated carbocycles. The summed E-state index contributed by atoms with van der Waals surface area (Å²) in [6.07, 6.45) is 1.46. The first-order valence-corrected chi connectivity index (χ1v) is 7.63. The van der Waals surface area contributed by atoms with Crippen LogP contribution in [0.4, 0.5) is 9.59 Å². The van der Waals surface area contributed by atoms with Crippen molar-refractivity contribution in [1.82, 2.24) is 15.5 Å². The molecule has 7 nitrogen and oxygen atoms in total. The molecule has 8 heteroatoms. The highest BCUT2D eigenvalue weighted by Gasteiger charge is 2.37. The zero-order chi connectivity index (χ0) is 15.6. The van der Waals surface area contributed by atoms with E-state index >= 15 is 0 Å². The van der Waals surface area contributed by atoms with Gasteiger partial charge in [0.25, 0.3) is 0 Å². The molecular formula is C14H15N3O4S. The number of carbonyl (C=O) groups excluding carboxylic acids is 2. The first kappa shape index (κ1) is 14.6. The predicted molar refractivity (Wildman–Crippen MR) is 79.5 cm³/mol. The van der Waals surface area contributed by atoms with E-state index < -0.39 is 17.7 Å². The highest BCUT2D eigenvalue weighted by molar-refractivity contribution is 7.10. The predicted octanol–water partition coefficient (Wildman–Crippen LogP) is 1.31. The Labute approximate surface area is 130 Å². The van der Waals surface area contributed by atoms with Gasteiger partial charge in [-0.2, -0.15) is 0 Å². The molecule has 0 aromatic carbocycles. The number of imide groups is 1. The Bertz CT molecular complexity index is 619. The molecule has 1 aliphatic heterocycles. The molecule has 3 N–H and O–H groups in total. The van der Waals surface area contributed by atoms with Gasteiger partial charge in [0.2, 0.25) is 0 Å². The van der Waals surface area contributed by atoms with Gasteiger partial charge in [-0.1, -0.05) is 6.07 Å². The molecule has 0 spiro atoms. The van der Waals surface area contributed by atoms with Crippen LogP contribution in [0.25, 0.3) is 0 Å². The first-order valence-electron chi connectivity index (χ1n) is 6.75. The number of nitrogens with one attached hydrogen (secondary N) is 2. The fraction of sp³-hybridized carbons (Fsp3) is 0.286. The van der Waals surface area contributed by atoms with Crippen molar-refractivity contribution in [2.75, 3.05) is 19.6 Å². The minimum atomic E-state index is -1.47. The van der Waals surface area contributed by atoms with Crippen LogP contribution in [0.3, 0.4) is 0 Å². The number of rotatable bonds is 4. The molecule has 0 aliphatic carbocycles. The Morgan fingerprint density at radius 3 is 2.95 bits per heavy atom. The Morgan fingerprint density at radius 1 is 1.50 bits per heavy atom. The Hall–Kier alpha value is -2.32. The van der Waals surface area contributed by atoms with Crippen molar-refractivity contribution in [3.63, 3.8) is 0 Å². The van der Waals surface area contributed by atoms with Crippen LogP contribution in [0.15, 0.2) is 40.3 Å². The van der Waals surface area contributed by atoms with Gasteiger partial charge >= 0.3 is 12.1 Å². The third kappa shape index (κ3) is 2.58. The van der Waals surface area contributed by atoms with Gasteiger partial charge in [-0.15, -0.1) is 11.3 Å². The smallest absolute Gasteiger partial charge is 0.325 e. The van der Waals surface area contributed by atoms with Crippen LogP contribution >= 0.6 is 11.3 Å². The normalized spacial score (nSPS) is 17.1. The highest BCUT2D eigenvalue weighted by atomic mass is 32.1. The van der Waals surface area contributed by atoms with E-state index in [4.69, 9.17) is 4.42 Å². The Morgan fingerprint density at radius 2 is 2.36 bits per heavy atom. The molecule has 1 fully saturated rings. The lowest BCUT2D eigenvalue weighted by molar-refractivity contribution is 0.0612. The Balaban J connectivity index is 1.77. The van der Waals surface area contributed by atoms with Crippen LogP contribution in [-0.4, -0.2) is 41.7 Å². The van der Waals surface area contributed by atoms with Crippen molar-refractivity contribution >= 4 is 23.4 Å². The van der Waals surface area contributed by atoms with Gasteiger partial charge in [-0.05, 0) is 23.6 Å². The second-order valence-electron chi connectivity index (χ2n) is 4.86. The van der Waals surface area contributed by atoms with Crippen molar-refractivity contribution in [1.29, 1.82) is 0 Å². The van der Waals surface area contributed by atoms with Gasteiger partial charge in [-0.3, -0.25) is 0 Å². The van der Waals surface area contributed by atoms with E-state index in [1.807, 2.05) is 11.4 Å². The number of amides is 4. The topological polar surface area (TPSA) is 94.8 Å². The summed E-state index contributed by atoms with van der Waals surface area (Å²) >= 11 is 1.36. The zero-order valence-corrected chi connectivity index (χ0v) is 12.4. The molecule has 1 aliphatic rings. The third-order valence-electron chi connectivity index (χ3n) is 3.45. The molecule has 3 rings (SSSR count). The molecular weight excluding hydrogens is 306 g/mol. The van der Waals surface area contributed by atoms with E-state index in [0.717, 1.165) is 4.90 Å². The average molecular weight is 321 g/mol. The number of aliphatic hydroxyl groups is 1.